The van der Waals surface area contributed by atoms with Crippen molar-refractivity contribution in [2.75, 3.05) is 20.2 Å². The number of ether oxygens (including phenoxy) is 1. The molecule has 1 fully saturated rings. The summed E-state index contributed by atoms with van der Waals surface area (Å²) < 4.78 is 10.0. The fourth-order valence-corrected chi connectivity index (χ4v) is 5.42. The lowest BCUT2D eigenvalue weighted by Gasteiger charge is -2.28. The molecule has 0 bridgehead atoms. The summed E-state index contributed by atoms with van der Waals surface area (Å²) in [5.74, 6) is 2.14. The van der Waals surface area contributed by atoms with E-state index in [9.17, 15) is 9.90 Å². The van der Waals surface area contributed by atoms with Gasteiger partial charge in [-0.1, -0.05) is 73.1 Å². The molecule has 0 saturated carbocycles. The second kappa shape index (κ2) is 11.4. The Morgan fingerprint density at radius 3 is 2.24 bits per heavy atom. The first-order valence-electron chi connectivity index (χ1n) is 13.0. The number of benzene rings is 2. The number of methoxy groups -OCH3 is 1. The number of phenolic OH excluding ortho intramolecular Hbond substituents is 1. The molecule has 6 heteroatoms. The number of amidine groups is 1. The Hall–Kier alpha value is -2.60. The van der Waals surface area contributed by atoms with E-state index in [2.05, 4.69) is 79.6 Å². The van der Waals surface area contributed by atoms with Crippen molar-refractivity contribution in [3.8, 4) is 11.5 Å². The van der Waals surface area contributed by atoms with Gasteiger partial charge in [0, 0.05) is 40.3 Å². The molecular weight excluding hydrogens is 528 g/mol. The van der Waals surface area contributed by atoms with Crippen molar-refractivity contribution >= 4 is 33.8 Å². The number of hydrogen-bond acceptors (Lipinski definition) is 4. The molecule has 1 aliphatic rings. The average Bonchev–Trinajstić information content (AvgIpc) is 3.13. The van der Waals surface area contributed by atoms with Crippen LogP contribution >= 0.6 is 16.1 Å². The fourth-order valence-electron chi connectivity index (χ4n) is 4.99. The summed E-state index contributed by atoms with van der Waals surface area (Å²) >= 11 is 3.35. The molecule has 0 amide bonds. The van der Waals surface area contributed by atoms with E-state index in [4.69, 9.17) is 4.74 Å². The fraction of sp³-hybridized carbons (Fsp3) is 0.484. The summed E-state index contributed by atoms with van der Waals surface area (Å²) in [7, 11) is 1.68. The van der Waals surface area contributed by atoms with E-state index in [-0.39, 0.29) is 34.8 Å². The number of carbonyl (C=O) groups is 1. The molecule has 1 aliphatic heterocycles. The Kier molecular flexibility index (Phi) is 8.94. The molecule has 1 atom stereocenters. The minimum Gasteiger partial charge on any atom is -0.507 e. The van der Waals surface area contributed by atoms with E-state index in [1.807, 2.05) is 36.4 Å². The van der Waals surface area contributed by atoms with Crippen LogP contribution in [0.25, 0.3) is 6.08 Å². The van der Waals surface area contributed by atoms with E-state index in [0.29, 0.717) is 5.56 Å². The number of hydrogen-bond donors (Lipinski definition) is 1. The smallest absolute Gasteiger partial charge is 0.182 e. The quantitative estimate of drug-likeness (QED) is 0.347. The third kappa shape index (κ3) is 6.46. The largest absolute Gasteiger partial charge is 0.507 e. The second-order valence-corrected chi connectivity index (χ2v) is 12.3. The van der Waals surface area contributed by atoms with Gasteiger partial charge in [0.25, 0.3) is 0 Å². The van der Waals surface area contributed by atoms with Gasteiger partial charge in [0.1, 0.15) is 17.3 Å². The maximum absolute atomic E-state index is 13.7. The number of aromatic hydroxyl groups is 1. The number of para-hydroxylation sites is 1. The lowest BCUT2D eigenvalue weighted by Crippen LogP contribution is -2.32. The van der Waals surface area contributed by atoms with Gasteiger partial charge in [0.05, 0.1) is 29.8 Å². The van der Waals surface area contributed by atoms with Gasteiger partial charge in [-0.15, -0.1) is 0 Å². The van der Waals surface area contributed by atoms with Crippen LogP contribution in [0.15, 0.2) is 46.0 Å². The lowest BCUT2D eigenvalue weighted by molar-refractivity contribution is 0.0963. The van der Waals surface area contributed by atoms with Crippen LogP contribution in [0.5, 0.6) is 11.5 Å². The van der Waals surface area contributed by atoms with Gasteiger partial charge < -0.3 is 14.7 Å². The highest BCUT2D eigenvalue weighted by Crippen LogP contribution is 2.40. The minimum atomic E-state index is -0.298. The lowest BCUT2D eigenvalue weighted by atomic mass is 9.78. The van der Waals surface area contributed by atoms with Crippen molar-refractivity contribution in [3.05, 3.63) is 64.2 Å². The summed E-state index contributed by atoms with van der Waals surface area (Å²) in [5.41, 5.74) is 3.70. The highest BCUT2D eigenvalue weighted by molar-refractivity contribution is 9.08. The number of carbonyl (C=O) groups excluding carboxylic acids is 1. The molecular formula is C31H41BrN2O3. The molecule has 2 aromatic carbocycles. The number of ketones is 1. The molecule has 0 radical (unpaired) electrons. The van der Waals surface area contributed by atoms with Crippen molar-refractivity contribution in [2.24, 2.45) is 9.94 Å². The predicted molar refractivity (Wildman–Crippen MR) is 157 cm³/mol. The van der Waals surface area contributed by atoms with Gasteiger partial charge in [0.2, 0.25) is 0 Å². The van der Waals surface area contributed by atoms with Crippen LogP contribution in [0.2, 0.25) is 0 Å². The van der Waals surface area contributed by atoms with E-state index in [0.717, 1.165) is 53.2 Å². The average molecular weight is 570 g/mol. The summed E-state index contributed by atoms with van der Waals surface area (Å²) in [4.78, 5) is 15.8. The van der Waals surface area contributed by atoms with Crippen molar-refractivity contribution in [2.45, 2.75) is 72.1 Å². The Bertz CT molecular complexity index is 1170. The van der Waals surface area contributed by atoms with Crippen molar-refractivity contribution in [1.29, 1.82) is 0 Å². The van der Waals surface area contributed by atoms with Gasteiger partial charge in [-0.2, -0.15) is 4.02 Å². The van der Waals surface area contributed by atoms with Crippen molar-refractivity contribution in [1.82, 2.24) is 4.90 Å². The van der Waals surface area contributed by atoms with Crippen molar-refractivity contribution in [3.63, 3.8) is 0 Å². The molecule has 5 nitrogen and oxygen atoms in total. The third-order valence-corrected chi connectivity index (χ3v) is 7.32. The minimum absolute atomic E-state index is 0.0124. The van der Waals surface area contributed by atoms with Crippen LogP contribution in [0.4, 0.5) is 0 Å². The molecule has 0 aliphatic carbocycles. The molecule has 1 N–H and O–H groups in total. The van der Waals surface area contributed by atoms with E-state index in [1.165, 1.54) is 0 Å². The van der Waals surface area contributed by atoms with Crippen LogP contribution in [0, 0.1) is 5.92 Å². The molecule has 1 saturated heterocycles. The summed E-state index contributed by atoms with van der Waals surface area (Å²) in [5, 5.41) is 11.1. The van der Waals surface area contributed by atoms with Gasteiger partial charge in [-0.05, 0) is 41.5 Å². The zero-order valence-corrected chi connectivity index (χ0v) is 25.1. The predicted octanol–water partition coefficient (Wildman–Crippen LogP) is 7.70. The molecule has 2 aromatic rings. The SMILES string of the molecule is CCCC1CN(CC(=O)c2cc(C(C)(C)C)c(O)c(C(C)(C)C)c2)C(=NBr)/C1=C/c1ccccc1OC. The number of rotatable bonds is 7. The van der Waals surface area contributed by atoms with Gasteiger partial charge >= 0.3 is 0 Å². The Labute approximate surface area is 231 Å². The number of halogens is 1. The number of phenols is 1. The van der Waals surface area contributed by atoms with Crippen LogP contribution < -0.4 is 4.74 Å². The molecule has 0 spiro atoms. The number of Topliss-reactive ketones (excluding diaryl/α,β-unsaturated/α-hetero) is 1. The topological polar surface area (TPSA) is 62.1 Å². The highest BCUT2D eigenvalue weighted by atomic mass is 79.9. The second-order valence-electron chi connectivity index (χ2n) is 12.0. The Morgan fingerprint density at radius 1 is 1.14 bits per heavy atom. The van der Waals surface area contributed by atoms with Crippen LogP contribution in [0.1, 0.15) is 88.4 Å². The standard InChI is InChI=1S/C31H41BrN2O3/c1-9-12-21-18-34(29(33-32)23(21)15-20-13-10-11-14-27(20)37-8)19-26(35)22-16-24(30(2,3)4)28(36)25(17-22)31(5,6)7/h10-11,13-17,21,36H,9,12,18-19H2,1-8H3/b23-15+,33-29?. The first-order valence-corrected chi connectivity index (χ1v) is 13.7. The summed E-state index contributed by atoms with van der Waals surface area (Å²) in [6, 6.07) is 11.7. The molecule has 0 aromatic heterocycles. The Balaban J connectivity index is 2.01. The van der Waals surface area contributed by atoms with E-state index < -0.39 is 0 Å². The van der Waals surface area contributed by atoms with Crippen LogP contribution in [-0.2, 0) is 10.8 Å². The van der Waals surface area contributed by atoms with E-state index >= 15 is 0 Å². The first-order chi connectivity index (χ1) is 17.3. The summed E-state index contributed by atoms with van der Waals surface area (Å²) in [6.45, 7) is 15.5. The molecule has 37 heavy (non-hydrogen) atoms. The van der Waals surface area contributed by atoms with Gasteiger partial charge in [-0.25, -0.2) is 0 Å². The first kappa shape index (κ1) is 29.0. The van der Waals surface area contributed by atoms with Crippen LogP contribution in [0.3, 0.4) is 0 Å². The maximum Gasteiger partial charge on any atom is 0.182 e. The monoisotopic (exact) mass is 568 g/mol. The maximum atomic E-state index is 13.7. The number of likely N-dealkylation sites (tertiary alicyclic amines) is 1. The van der Waals surface area contributed by atoms with Gasteiger partial charge in [0.15, 0.2) is 5.78 Å². The van der Waals surface area contributed by atoms with E-state index in [1.54, 1.807) is 7.11 Å². The van der Waals surface area contributed by atoms with Crippen molar-refractivity contribution < 1.29 is 14.6 Å². The molecule has 1 heterocycles. The van der Waals surface area contributed by atoms with Gasteiger partial charge in [-0.3, -0.25) is 4.79 Å². The summed E-state index contributed by atoms with van der Waals surface area (Å²) in [6.07, 6.45) is 4.17. The molecule has 1 unspecified atom stereocenters. The molecule has 200 valence electrons. The highest BCUT2D eigenvalue weighted by Gasteiger charge is 2.35. The third-order valence-electron chi connectivity index (χ3n) is 6.99. The number of nitrogens with zero attached hydrogens (tertiary/aromatic N) is 2. The molecule has 3 rings (SSSR count). The van der Waals surface area contributed by atoms with Crippen LogP contribution in [-0.4, -0.2) is 41.8 Å². The zero-order chi connectivity index (χ0) is 27.5. The Morgan fingerprint density at radius 2 is 1.73 bits per heavy atom. The normalized spacial score (nSPS) is 18.6. The zero-order valence-electron chi connectivity index (χ0n) is 23.5.